The number of allylic oxidation sites excluding steroid dienone is 1. The van der Waals surface area contributed by atoms with Gasteiger partial charge in [-0.3, -0.25) is 4.79 Å². The van der Waals surface area contributed by atoms with Gasteiger partial charge in [-0.2, -0.15) is 0 Å². The van der Waals surface area contributed by atoms with Crippen LogP contribution in [0.25, 0.3) is 0 Å². The van der Waals surface area contributed by atoms with Crippen molar-refractivity contribution in [2.45, 2.75) is 64.5 Å². The number of hydrogen-bond acceptors (Lipinski definition) is 4. The third-order valence-corrected chi connectivity index (χ3v) is 7.88. The van der Waals surface area contributed by atoms with Gasteiger partial charge < -0.3 is 14.5 Å². The van der Waals surface area contributed by atoms with E-state index in [0.717, 1.165) is 26.1 Å². The van der Waals surface area contributed by atoms with Crippen molar-refractivity contribution in [1.29, 1.82) is 0 Å². The fourth-order valence-corrected chi connectivity index (χ4v) is 6.15. The highest BCUT2D eigenvalue weighted by Crippen LogP contribution is 2.54. The lowest BCUT2D eigenvalue weighted by Gasteiger charge is -2.46. The van der Waals surface area contributed by atoms with Crippen LogP contribution in [-0.2, 0) is 9.53 Å². The Balaban J connectivity index is 1.49. The Morgan fingerprint density at radius 1 is 1.31 bits per heavy atom. The van der Waals surface area contributed by atoms with Gasteiger partial charge in [-0.25, -0.2) is 0 Å². The molecule has 2 aliphatic heterocycles. The first-order valence-corrected chi connectivity index (χ1v) is 10.7. The van der Waals surface area contributed by atoms with Crippen molar-refractivity contribution in [3.05, 3.63) is 11.6 Å². The van der Waals surface area contributed by atoms with E-state index in [1.54, 1.807) is 5.57 Å². The highest BCUT2D eigenvalue weighted by molar-refractivity contribution is 5.76. The summed E-state index contributed by atoms with van der Waals surface area (Å²) in [7, 11) is 4.41. The van der Waals surface area contributed by atoms with Gasteiger partial charge in [0.25, 0.3) is 0 Å². The molecule has 0 aromatic rings. The van der Waals surface area contributed by atoms with E-state index in [1.807, 2.05) is 0 Å². The minimum absolute atomic E-state index is 0.0239. The van der Waals surface area contributed by atoms with Crippen molar-refractivity contribution >= 4 is 5.97 Å². The number of nitrogens with zero attached hydrogens (tertiary/aromatic N) is 2. The molecule has 0 aromatic carbocycles. The Morgan fingerprint density at radius 3 is 2.77 bits per heavy atom. The van der Waals surface area contributed by atoms with Gasteiger partial charge in [0.15, 0.2) is 0 Å². The van der Waals surface area contributed by atoms with Crippen molar-refractivity contribution < 1.29 is 9.53 Å². The number of rotatable bonds is 3. The summed E-state index contributed by atoms with van der Waals surface area (Å²) in [5.41, 5.74) is 1.88. The standard InChI is InChI=1S/C22H36N2O2/c1-15-6-5-9-22(2)13-20-17(12-19(15)22)18(21(25)26-20)14-24(4)16-7-10-23(3)11-8-16/h12,15-18,20H,5-11,13-14H2,1-4H3/t15-,17+,18-,20+,22+/m0/s1. The van der Waals surface area contributed by atoms with Crippen LogP contribution in [0, 0.1) is 23.2 Å². The lowest BCUT2D eigenvalue weighted by atomic mass is 9.59. The maximum absolute atomic E-state index is 12.7. The topological polar surface area (TPSA) is 32.8 Å². The molecular formula is C22H36N2O2. The molecule has 2 heterocycles. The summed E-state index contributed by atoms with van der Waals surface area (Å²) in [6.45, 7) is 7.95. The quantitative estimate of drug-likeness (QED) is 0.571. The van der Waals surface area contributed by atoms with E-state index in [0.29, 0.717) is 17.9 Å². The van der Waals surface area contributed by atoms with Gasteiger partial charge in [0.05, 0.1) is 5.92 Å². The molecule has 4 aliphatic rings. The van der Waals surface area contributed by atoms with E-state index >= 15 is 0 Å². The first kappa shape index (κ1) is 18.5. The monoisotopic (exact) mass is 360 g/mol. The molecule has 4 heteroatoms. The summed E-state index contributed by atoms with van der Waals surface area (Å²) in [5, 5.41) is 0. The van der Waals surface area contributed by atoms with Gasteiger partial charge in [0.1, 0.15) is 6.10 Å². The molecule has 4 nitrogen and oxygen atoms in total. The van der Waals surface area contributed by atoms with Crippen LogP contribution in [-0.4, -0.2) is 61.6 Å². The highest BCUT2D eigenvalue weighted by atomic mass is 16.6. The molecule has 1 saturated carbocycles. The van der Waals surface area contributed by atoms with E-state index in [4.69, 9.17) is 4.74 Å². The number of ether oxygens (including phenoxy) is 1. The fourth-order valence-electron chi connectivity index (χ4n) is 6.15. The van der Waals surface area contributed by atoms with Gasteiger partial charge >= 0.3 is 5.97 Å². The van der Waals surface area contributed by atoms with Crippen LogP contribution in [0.5, 0.6) is 0 Å². The first-order chi connectivity index (χ1) is 12.4. The van der Waals surface area contributed by atoms with E-state index < -0.39 is 0 Å². The largest absolute Gasteiger partial charge is 0.461 e. The summed E-state index contributed by atoms with van der Waals surface area (Å²) in [6, 6.07) is 0.605. The Kier molecular flexibility index (Phi) is 4.94. The molecule has 3 fully saturated rings. The fraction of sp³-hybridized carbons (Fsp3) is 0.864. The van der Waals surface area contributed by atoms with E-state index in [2.05, 4.69) is 43.8 Å². The lowest BCUT2D eigenvalue weighted by Crippen LogP contribution is -2.45. The van der Waals surface area contributed by atoms with E-state index in [1.165, 1.54) is 32.1 Å². The molecule has 0 unspecified atom stereocenters. The second-order valence-electron chi connectivity index (χ2n) is 9.81. The van der Waals surface area contributed by atoms with Crippen molar-refractivity contribution in [2.75, 3.05) is 33.7 Å². The molecule has 0 N–H and O–H groups in total. The normalized spacial score (nSPS) is 41.6. The van der Waals surface area contributed by atoms with Crippen LogP contribution in [0.15, 0.2) is 11.6 Å². The van der Waals surface area contributed by atoms with Crippen molar-refractivity contribution in [3.8, 4) is 0 Å². The summed E-state index contributed by atoms with van der Waals surface area (Å²) < 4.78 is 5.91. The van der Waals surface area contributed by atoms with Crippen molar-refractivity contribution in [2.24, 2.45) is 23.2 Å². The van der Waals surface area contributed by atoms with Crippen molar-refractivity contribution in [1.82, 2.24) is 9.80 Å². The molecule has 146 valence electrons. The van der Waals surface area contributed by atoms with Crippen LogP contribution in [0.1, 0.15) is 52.4 Å². The number of carbonyl (C=O) groups is 1. The lowest BCUT2D eigenvalue weighted by molar-refractivity contribution is -0.145. The molecule has 0 spiro atoms. The highest BCUT2D eigenvalue weighted by Gasteiger charge is 2.52. The minimum atomic E-state index is 0.0239. The van der Waals surface area contributed by atoms with Crippen LogP contribution >= 0.6 is 0 Å². The number of carbonyl (C=O) groups excluding carboxylic acids is 1. The molecule has 26 heavy (non-hydrogen) atoms. The van der Waals surface area contributed by atoms with Gasteiger partial charge in [-0.1, -0.05) is 31.9 Å². The van der Waals surface area contributed by atoms with Gasteiger partial charge in [-0.05, 0) is 70.6 Å². The predicted molar refractivity (Wildman–Crippen MR) is 104 cm³/mol. The van der Waals surface area contributed by atoms with Crippen LogP contribution < -0.4 is 0 Å². The number of piperidine rings is 1. The molecule has 4 rings (SSSR count). The maximum atomic E-state index is 12.7. The maximum Gasteiger partial charge on any atom is 0.311 e. The number of likely N-dealkylation sites (tertiary alicyclic amines) is 1. The minimum Gasteiger partial charge on any atom is -0.461 e. The number of esters is 1. The zero-order chi connectivity index (χ0) is 18.5. The Morgan fingerprint density at radius 2 is 2.04 bits per heavy atom. The third-order valence-electron chi connectivity index (χ3n) is 7.88. The van der Waals surface area contributed by atoms with Gasteiger partial charge in [0.2, 0.25) is 0 Å². The average molecular weight is 361 g/mol. The predicted octanol–water partition coefficient (Wildman–Crippen LogP) is 3.33. The SMILES string of the molecule is C[C@H]1CCC[C@]2(C)C[C@H]3OC(=O)[C@@H](CN(C)C4CCN(C)CC4)[C@H]3C=C12. The number of hydrogen-bond donors (Lipinski definition) is 0. The molecular weight excluding hydrogens is 324 g/mol. The number of fused-ring (bicyclic) bond motifs is 2. The Hall–Kier alpha value is -0.870. The second-order valence-corrected chi connectivity index (χ2v) is 9.81. The third kappa shape index (κ3) is 3.24. The van der Waals surface area contributed by atoms with E-state index in [-0.39, 0.29) is 23.4 Å². The van der Waals surface area contributed by atoms with Crippen LogP contribution in [0.3, 0.4) is 0 Å². The molecule has 5 atom stereocenters. The van der Waals surface area contributed by atoms with Crippen molar-refractivity contribution in [3.63, 3.8) is 0 Å². The summed E-state index contributed by atoms with van der Waals surface area (Å²) in [4.78, 5) is 17.6. The molecule has 0 bridgehead atoms. The molecule has 0 radical (unpaired) electrons. The Bertz CT molecular complexity index is 581. The zero-order valence-electron chi connectivity index (χ0n) is 17.0. The average Bonchev–Trinajstić information content (AvgIpc) is 2.88. The Labute approximate surface area is 158 Å². The summed E-state index contributed by atoms with van der Waals surface area (Å²) in [5.74, 6) is 1.03. The van der Waals surface area contributed by atoms with Crippen LogP contribution in [0.4, 0.5) is 0 Å². The van der Waals surface area contributed by atoms with Gasteiger partial charge in [-0.15, -0.1) is 0 Å². The van der Waals surface area contributed by atoms with Gasteiger partial charge in [0, 0.05) is 18.5 Å². The molecule has 2 saturated heterocycles. The second kappa shape index (κ2) is 6.94. The summed E-state index contributed by atoms with van der Waals surface area (Å²) >= 11 is 0. The molecule has 2 aliphatic carbocycles. The zero-order valence-corrected chi connectivity index (χ0v) is 17.0. The smallest absolute Gasteiger partial charge is 0.311 e. The molecule has 0 amide bonds. The van der Waals surface area contributed by atoms with Crippen LogP contribution in [0.2, 0.25) is 0 Å². The summed E-state index contributed by atoms with van der Waals surface area (Å²) in [6.07, 6.45) is 9.90. The molecule has 0 aromatic heterocycles. The van der Waals surface area contributed by atoms with E-state index in [9.17, 15) is 4.79 Å². The first-order valence-electron chi connectivity index (χ1n) is 10.7.